The summed E-state index contributed by atoms with van der Waals surface area (Å²) in [6.07, 6.45) is 0. The van der Waals surface area contributed by atoms with Crippen molar-refractivity contribution in [3.8, 4) is 44.5 Å². The van der Waals surface area contributed by atoms with Crippen LogP contribution in [0.3, 0.4) is 0 Å². The average Bonchev–Trinajstić information content (AvgIpc) is 3.64. The maximum atomic E-state index is 9.73. The van der Waals surface area contributed by atoms with E-state index in [9.17, 15) is 8.22 Å². The highest BCUT2D eigenvalue weighted by molar-refractivity contribution is 6.21. The van der Waals surface area contributed by atoms with Gasteiger partial charge in [0.05, 0.1) is 23.3 Å². The fraction of sp³-hybridized carbons (Fsp3) is 0. The number of benzene rings is 8. The molecule has 1 aromatic heterocycles. The van der Waals surface area contributed by atoms with E-state index in [4.69, 9.17) is 19.5 Å². The molecule has 0 saturated carbocycles. The van der Waals surface area contributed by atoms with Crippen molar-refractivity contribution in [2.45, 2.75) is 0 Å². The lowest BCUT2D eigenvalue weighted by molar-refractivity contribution is 0.669. The van der Waals surface area contributed by atoms with Gasteiger partial charge in [-0.15, -0.1) is 0 Å². The van der Waals surface area contributed by atoms with E-state index in [1.165, 1.54) is 0 Å². The lowest BCUT2D eigenvalue weighted by atomic mass is 9.85. The Morgan fingerprint density at radius 1 is 0.356 bits per heavy atom. The molecule has 0 aliphatic carbocycles. The van der Waals surface area contributed by atoms with E-state index >= 15 is 0 Å². The smallest absolute Gasteiger partial charge is 0.136 e. The molecule has 1 heterocycles. The number of rotatable bonds is 4. The van der Waals surface area contributed by atoms with Gasteiger partial charge in [-0.1, -0.05) is 139 Å². The molecule has 0 aliphatic heterocycles. The summed E-state index contributed by atoms with van der Waals surface area (Å²) in [5, 5.41) is -0.529. The first kappa shape index (κ1) is 13.8. The summed E-state index contributed by atoms with van der Waals surface area (Å²) < 4.78 is 158. The van der Waals surface area contributed by atoms with Crippen molar-refractivity contribution in [1.82, 2.24) is 0 Å². The van der Waals surface area contributed by atoms with E-state index in [2.05, 4.69) is 0 Å². The molecule has 9 rings (SSSR count). The van der Waals surface area contributed by atoms with Crippen LogP contribution >= 0.6 is 0 Å². The maximum absolute atomic E-state index is 9.73. The Morgan fingerprint density at radius 3 is 1.64 bits per heavy atom. The third-order valence-electron chi connectivity index (χ3n) is 7.87. The third-order valence-corrected chi connectivity index (χ3v) is 7.87. The van der Waals surface area contributed by atoms with Gasteiger partial charge in [0.1, 0.15) is 11.2 Å². The van der Waals surface area contributed by atoms with Gasteiger partial charge in [-0.2, -0.15) is 0 Å². The van der Waals surface area contributed by atoms with Crippen LogP contribution in [0, 0.1) is 0 Å². The molecule has 0 N–H and O–H groups in total. The average molecular weight is 590 g/mol. The van der Waals surface area contributed by atoms with Crippen LogP contribution in [0.2, 0.25) is 0 Å². The van der Waals surface area contributed by atoms with Crippen LogP contribution in [0.4, 0.5) is 0 Å². The first-order chi connectivity index (χ1) is 29.4. The number of hydrogen-bond donors (Lipinski definition) is 0. The standard InChI is InChI=1S/C44H28O/c1-3-12-29(13-4-1)32-23-25-41-40(27-32)35-24-22-33(28-42(35)45-41)31-16-11-17-34(26-31)44-38-20-9-7-18-36(38)43(30-14-5-2-6-15-30)37-19-8-10-21-39(37)44/h1-28H/i2D,5D,6D,7D,8D,9D,10D,11D,14D,15D,16D,17D,18D,19D,20D,21D,26D. The predicted octanol–water partition coefficient (Wildman–Crippen LogP) is 12.6. The van der Waals surface area contributed by atoms with Gasteiger partial charge < -0.3 is 4.42 Å². The van der Waals surface area contributed by atoms with Gasteiger partial charge in [-0.3, -0.25) is 0 Å². The van der Waals surface area contributed by atoms with Crippen molar-refractivity contribution in [2.75, 3.05) is 0 Å². The first-order valence-corrected chi connectivity index (χ1v) is 14.0. The minimum absolute atomic E-state index is 0.189. The Kier molecular flexibility index (Phi) is 3.18. The molecule has 1 nitrogen and oxygen atoms in total. The Labute approximate surface area is 285 Å². The fourth-order valence-electron chi connectivity index (χ4n) is 5.86. The van der Waals surface area contributed by atoms with Crippen LogP contribution in [0.25, 0.3) is 88.0 Å². The topological polar surface area (TPSA) is 13.1 Å². The maximum Gasteiger partial charge on any atom is 0.136 e. The predicted molar refractivity (Wildman–Crippen MR) is 190 cm³/mol. The highest BCUT2D eigenvalue weighted by Gasteiger charge is 2.17. The molecule has 0 spiro atoms. The van der Waals surface area contributed by atoms with Gasteiger partial charge in [-0.05, 0) is 96.4 Å². The normalized spacial score (nSPS) is 16.8. The van der Waals surface area contributed by atoms with Crippen LogP contribution in [-0.4, -0.2) is 0 Å². The van der Waals surface area contributed by atoms with E-state index < -0.39 is 147 Å². The summed E-state index contributed by atoms with van der Waals surface area (Å²) in [6, 6.07) is 7.25. The molecule has 0 radical (unpaired) electrons. The van der Waals surface area contributed by atoms with Gasteiger partial charge in [-0.25, -0.2) is 0 Å². The van der Waals surface area contributed by atoms with Crippen molar-refractivity contribution in [1.29, 1.82) is 0 Å². The SMILES string of the molecule is [2H]c1c([2H])c([2H])c(-c2c3c([2H])c([2H])c([2H])c([2H])c3c(-c3c([2H])c([2H])c([2H])c(-c4ccc5c(c4)oc4ccc(-c6ccccc6)cc45)c3[2H])c3c([2H])c([2H])c([2H])c([2H])c23)c([2H])c1[2H]. The summed E-state index contributed by atoms with van der Waals surface area (Å²) in [5.74, 6) is 0. The molecule has 0 amide bonds. The molecular formula is C44H28O. The largest absolute Gasteiger partial charge is 0.456 e. The first-order valence-electron chi connectivity index (χ1n) is 22.5. The van der Waals surface area contributed by atoms with Crippen LogP contribution in [0.5, 0.6) is 0 Å². The molecule has 0 aliphatic rings. The van der Waals surface area contributed by atoms with E-state index in [0.717, 1.165) is 16.5 Å². The monoisotopic (exact) mass is 589 g/mol. The summed E-state index contributed by atoms with van der Waals surface area (Å²) >= 11 is 0. The van der Waals surface area contributed by atoms with E-state index in [0.29, 0.717) is 16.6 Å². The van der Waals surface area contributed by atoms with Crippen LogP contribution in [0.15, 0.2) is 174 Å². The van der Waals surface area contributed by atoms with Gasteiger partial charge in [0.2, 0.25) is 0 Å². The zero-order chi connectivity index (χ0) is 44.5. The van der Waals surface area contributed by atoms with Crippen molar-refractivity contribution < 1.29 is 27.7 Å². The zero-order valence-corrected chi connectivity index (χ0v) is 23.3. The Morgan fingerprint density at radius 2 is 0.933 bits per heavy atom. The summed E-state index contributed by atoms with van der Waals surface area (Å²) in [5.41, 5.74) is 0.775. The van der Waals surface area contributed by atoms with Gasteiger partial charge >= 0.3 is 0 Å². The Hall–Kier alpha value is -5.92. The molecule has 1 heteroatoms. The quantitative estimate of drug-likeness (QED) is 0.186. The van der Waals surface area contributed by atoms with Crippen molar-refractivity contribution in [2.24, 2.45) is 0 Å². The van der Waals surface area contributed by atoms with Crippen molar-refractivity contribution in [3.63, 3.8) is 0 Å². The van der Waals surface area contributed by atoms with Gasteiger partial charge in [0.15, 0.2) is 0 Å². The second-order valence-corrected chi connectivity index (χ2v) is 10.4. The Balaban J connectivity index is 1.45. The summed E-state index contributed by atoms with van der Waals surface area (Å²) in [6.45, 7) is 0. The molecule has 0 saturated heterocycles. The van der Waals surface area contributed by atoms with E-state index in [1.807, 2.05) is 48.5 Å². The van der Waals surface area contributed by atoms with Crippen molar-refractivity contribution in [3.05, 3.63) is 169 Å². The highest BCUT2D eigenvalue weighted by Crippen LogP contribution is 2.44. The molecule has 210 valence electrons. The molecule has 0 atom stereocenters. The number of fused-ring (bicyclic) bond motifs is 5. The Bertz CT molecular complexity index is 3380. The minimum Gasteiger partial charge on any atom is -0.456 e. The van der Waals surface area contributed by atoms with Crippen LogP contribution < -0.4 is 0 Å². The zero-order valence-electron chi connectivity index (χ0n) is 40.3. The van der Waals surface area contributed by atoms with Crippen LogP contribution in [-0.2, 0) is 0 Å². The fourth-order valence-corrected chi connectivity index (χ4v) is 5.86. The van der Waals surface area contributed by atoms with Crippen molar-refractivity contribution >= 4 is 43.5 Å². The second-order valence-electron chi connectivity index (χ2n) is 10.4. The number of furan rings is 1. The highest BCUT2D eigenvalue weighted by atomic mass is 16.3. The molecule has 0 fully saturated rings. The molecule has 9 aromatic rings. The van der Waals surface area contributed by atoms with Crippen LogP contribution in [0.1, 0.15) is 23.3 Å². The minimum atomic E-state index is -0.821. The summed E-state index contributed by atoms with van der Waals surface area (Å²) in [7, 11) is 0. The molecule has 0 bridgehead atoms. The van der Waals surface area contributed by atoms with E-state index in [-0.39, 0.29) is 11.1 Å². The molecule has 8 aromatic carbocycles. The second kappa shape index (κ2) is 10.4. The molecular weight excluding hydrogens is 544 g/mol. The van der Waals surface area contributed by atoms with Gasteiger partial charge in [0.25, 0.3) is 0 Å². The third kappa shape index (κ3) is 4.24. The lowest BCUT2D eigenvalue weighted by Crippen LogP contribution is -1.91. The molecule has 45 heavy (non-hydrogen) atoms. The number of hydrogen-bond acceptors (Lipinski definition) is 1. The van der Waals surface area contributed by atoms with E-state index in [1.54, 1.807) is 18.2 Å². The lowest BCUT2D eigenvalue weighted by Gasteiger charge is -2.18. The molecule has 0 unspecified atom stereocenters. The summed E-state index contributed by atoms with van der Waals surface area (Å²) in [4.78, 5) is 0. The van der Waals surface area contributed by atoms with Gasteiger partial charge in [0, 0.05) is 10.8 Å².